The molecule has 3 rings (SSSR count). The first-order valence-electron chi connectivity index (χ1n) is 8.04. The number of nitrogens with zero attached hydrogens (tertiary/aromatic N) is 3. The number of hydrogen-bond acceptors (Lipinski definition) is 4. The van der Waals surface area contributed by atoms with E-state index in [1.165, 1.54) is 0 Å². The average molecular weight is 396 g/mol. The Kier molecular flexibility index (Phi) is 4.57. The number of halogens is 1. The second-order valence-corrected chi connectivity index (χ2v) is 8.00. The number of hydrogen-bond donors (Lipinski definition) is 1. The topological polar surface area (TPSA) is 67.6 Å². The lowest BCUT2D eigenvalue weighted by atomic mass is 10.2. The minimum atomic E-state index is -0.502. The summed E-state index contributed by atoms with van der Waals surface area (Å²) in [5.74, 6) is 0. The molecule has 0 aliphatic carbocycles. The van der Waals surface area contributed by atoms with Gasteiger partial charge in [-0.3, -0.25) is 4.68 Å². The van der Waals surface area contributed by atoms with E-state index in [9.17, 15) is 9.90 Å². The molecule has 0 unspecified atom stereocenters. The van der Waals surface area contributed by atoms with Crippen LogP contribution in [0, 0.1) is 0 Å². The van der Waals surface area contributed by atoms with Gasteiger partial charge in [0.05, 0.1) is 23.9 Å². The highest BCUT2D eigenvalue weighted by atomic mass is 79.9. The maximum Gasteiger partial charge on any atom is 0.410 e. The van der Waals surface area contributed by atoms with Crippen molar-refractivity contribution < 1.29 is 14.6 Å². The Morgan fingerprint density at radius 3 is 2.88 bits per heavy atom. The Balaban J connectivity index is 1.83. The number of aliphatic hydroxyl groups excluding tert-OH is 1. The summed E-state index contributed by atoms with van der Waals surface area (Å²) < 4.78 is 8.25. The molecule has 1 saturated heterocycles. The quantitative estimate of drug-likeness (QED) is 0.844. The van der Waals surface area contributed by atoms with Crippen LogP contribution in [0.4, 0.5) is 4.79 Å². The number of amides is 1. The average Bonchev–Trinajstić information content (AvgIpc) is 3.08. The van der Waals surface area contributed by atoms with Gasteiger partial charge in [0.2, 0.25) is 0 Å². The number of carbonyl (C=O) groups excluding carboxylic acids is 1. The molecule has 1 fully saturated rings. The summed E-state index contributed by atoms with van der Waals surface area (Å²) in [6, 6.07) is 5.87. The number of aliphatic hydroxyl groups is 1. The molecule has 2 aromatic rings. The van der Waals surface area contributed by atoms with Gasteiger partial charge >= 0.3 is 6.09 Å². The molecule has 1 aromatic carbocycles. The van der Waals surface area contributed by atoms with Gasteiger partial charge < -0.3 is 14.7 Å². The molecule has 1 aliphatic heterocycles. The van der Waals surface area contributed by atoms with Crippen molar-refractivity contribution in [1.82, 2.24) is 14.7 Å². The molecule has 1 amide bonds. The van der Waals surface area contributed by atoms with Crippen molar-refractivity contribution in [2.45, 2.75) is 45.4 Å². The maximum absolute atomic E-state index is 12.2. The highest BCUT2D eigenvalue weighted by Gasteiger charge is 2.32. The highest BCUT2D eigenvalue weighted by molar-refractivity contribution is 9.10. The number of likely N-dealkylation sites (tertiary alicyclic amines) is 1. The molecule has 1 aliphatic rings. The Morgan fingerprint density at radius 1 is 1.46 bits per heavy atom. The number of carbonyl (C=O) groups is 1. The van der Waals surface area contributed by atoms with E-state index in [1.807, 2.05) is 43.7 Å². The summed E-state index contributed by atoms with van der Waals surface area (Å²) in [5, 5.41) is 15.4. The van der Waals surface area contributed by atoms with Crippen LogP contribution in [0.1, 0.15) is 38.9 Å². The van der Waals surface area contributed by atoms with Crippen molar-refractivity contribution >= 4 is 32.9 Å². The molecule has 0 bridgehead atoms. The second-order valence-electron chi connectivity index (χ2n) is 7.08. The lowest BCUT2D eigenvalue weighted by Crippen LogP contribution is -2.35. The van der Waals surface area contributed by atoms with Gasteiger partial charge in [-0.15, -0.1) is 0 Å². The fourth-order valence-corrected chi connectivity index (χ4v) is 3.38. The Bertz CT molecular complexity index is 766. The van der Waals surface area contributed by atoms with E-state index in [1.54, 1.807) is 4.90 Å². The zero-order valence-electron chi connectivity index (χ0n) is 14.1. The zero-order chi connectivity index (χ0) is 17.5. The Labute approximate surface area is 149 Å². The number of aromatic nitrogens is 2. The van der Waals surface area contributed by atoms with Crippen molar-refractivity contribution in [1.29, 1.82) is 0 Å². The van der Waals surface area contributed by atoms with Crippen LogP contribution in [-0.4, -0.2) is 44.6 Å². The van der Waals surface area contributed by atoms with E-state index in [2.05, 4.69) is 21.0 Å². The van der Waals surface area contributed by atoms with Crippen molar-refractivity contribution in [3.8, 4) is 0 Å². The number of fused-ring (bicyclic) bond motifs is 1. The summed E-state index contributed by atoms with van der Waals surface area (Å²) >= 11 is 3.46. The standard InChI is InChI=1S/C17H22BrN3O3/c1-17(2,3)24-16(23)20-7-6-12(9-20)21-15(10-22)13-8-11(18)4-5-14(13)19-21/h4-5,8,12,22H,6-7,9-10H2,1-3H3/t12-/m0/s1. The fourth-order valence-electron chi connectivity index (χ4n) is 3.02. The highest BCUT2D eigenvalue weighted by Crippen LogP contribution is 2.29. The molecule has 0 spiro atoms. The van der Waals surface area contributed by atoms with Crippen LogP contribution in [0.5, 0.6) is 0 Å². The van der Waals surface area contributed by atoms with E-state index in [0.717, 1.165) is 27.5 Å². The maximum atomic E-state index is 12.2. The first kappa shape index (κ1) is 17.2. The predicted molar refractivity (Wildman–Crippen MR) is 94.8 cm³/mol. The van der Waals surface area contributed by atoms with Crippen molar-refractivity contribution in [3.63, 3.8) is 0 Å². The van der Waals surface area contributed by atoms with E-state index in [4.69, 9.17) is 4.74 Å². The van der Waals surface area contributed by atoms with Gasteiger partial charge in [0.1, 0.15) is 5.60 Å². The van der Waals surface area contributed by atoms with E-state index in [0.29, 0.717) is 13.1 Å². The predicted octanol–water partition coefficient (Wildman–Crippen LogP) is 3.47. The summed E-state index contributed by atoms with van der Waals surface area (Å²) in [5.41, 5.74) is 1.12. The van der Waals surface area contributed by atoms with Gasteiger partial charge in [0, 0.05) is 22.9 Å². The van der Waals surface area contributed by atoms with Gasteiger partial charge in [-0.05, 0) is 45.4 Å². The molecule has 130 valence electrons. The molecule has 24 heavy (non-hydrogen) atoms. The molecule has 0 radical (unpaired) electrons. The molecule has 1 aromatic heterocycles. The van der Waals surface area contributed by atoms with E-state index < -0.39 is 5.60 Å². The van der Waals surface area contributed by atoms with Crippen LogP contribution in [0.25, 0.3) is 10.9 Å². The lowest BCUT2D eigenvalue weighted by molar-refractivity contribution is 0.0288. The van der Waals surface area contributed by atoms with Gasteiger partial charge in [0.25, 0.3) is 0 Å². The SMILES string of the molecule is CC(C)(C)OC(=O)N1CC[C@H](n2nc3ccc(Br)cc3c2CO)C1. The number of benzene rings is 1. The molecule has 2 heterocycles. The third kappa shape index (κ3) is 3.42. The monoisotopic (exact) mass is 395 g/mol. The summed E-state index contributed by atoms with van der Waals surface area (Å²) in [7, 11) is 0. The van der Waals surface area contributed by atoms with Gasteiger partial charge in [0.15, 0.2) is 0 Å². The molecule has 6 nitrogen and oxygen atoms in total. The number of rotatable bonds is 2. The summed E-state index contributed by atoms with van der Waals surface area (Å²) in [6.07, 6.45) is 0.497. The summed E-state index contributed by atoms with van der Waals surface area (Å²) in [4.78, 5) is 13.9. The molecule has 0 saturated carbocycles. The van der Waals surface area contributed by atoms with E-state index in [-0.39, 0.29) is 18.7 Å². The molecular weight excluding hydrogens is 374 g/mol. The third-order valence-electron chi connectivity index (χ3n) is 4.07. The van der Waals surface area contributed by atoms with Crippen LogP contribution in [0.2, 0.25) is 0 Å². The second kappa shape index (κ2) is 6.37. The third-order valence-corrected chi connectivity index (χ3v) is 4.57. The minimum Gasteiger partial charge on any atom is -0.444 e. The zero-order valence-corrected chi connectivity index (χ0v) is 15.7. The smallest absolute Gasteiger partial charge is 0.410 e. The number of ether oxygens (including phenoxy) is 1. The fraction of sp³-hybridized carbons (Fsp3) is 0.529. The Hall–Kier alpha value is -1.60. The van der Waals surface area contributed by atoms with Gasteiger partial charge in [-0.2, -0.15) is 5.10 Å². The first-order chi connectivity index (χ1) is 11.3. The minimum absolute atomic E-state index is 0.0471. The van der Waals surface area contributed by atoms with Crippen LogP contribution in [-0.2, 0) is 11.3 Å². The van der Waals surface area contributed by atoms with Crippen LogP contribution >= 0.6 is 15.9 Å². The molecule has 7 heteroatoms. The first-order valence-corrected chi connectivity index (χ1v) is 8.83. The normalized spacial score (nSPS) is 18.4. The van der Waals surface area contributed by atoms with E-state index >= 15 is 0 Å². The van der Waals surface area contributed by atoms with Crippen LogP contribution in [0.3, 0.4) is 0 Å². The molecule has 1 N–H and O–H groups in total. The van der Waals surface area contributed by atoms with Gasteiger partial charge in [-0.25, -0.2) is 4.79 Å². The van der Waals surface area contributed by atoms with Crippen molar-refractivity contribution in [3.05, 3.63) is 28.4 Å². The van der Waals surface area contributed by atoms with Gasteiger partial charge in [-0.1, -0.05) is 15.9 Å². The van der Waals surface area contributed by atoms with Crippen molar-refractivity contribution in [2.24, 2.45) is 0 Å². The van der Waals surface area contributed by atoms with Crippen LogP contribution < -0.4 is 0 Å². The molecular formula is C17H22BrN3O3. The largest absolute Gasteiger partial charge is 0.444 e. The van der Waals surface area contributed by atoms with Crippen LogP contribution in [0.15, 0.2) is 22.7 Å². The Morgan fingerprint density at radius 2 is 2.21 bits per heavy atom. The molecule has 1 atom stereocenters. The van der Waals surface area contributed by atoms with Crippen molar-refractivity contribution in [2.75, 3.05) is 13.1 Å². The summed E-state index contributed by atoms with van der Waals surface area (Å²) in [6.45, 7) is 6.67. The lowest BCUT2D eigenvalue weighted by Gasteiger charge is -2.24.